The molecule has 2 saturated heterocycles. The first-order chi connectivity index (χ1) is 21.9. The quantitative estimate of drug-likeness (QED) is 0.286. The van der Waals surface area contributed by atoms with E-state index in [1.165, 1.54) is 22.4 Å². The minimum atomic E-state index is -4.80. The Labute approximate surface area is 270 Å². The zero-order valence-electron chi connectivity index (χ0n) is 25.0. The molecule has 4 aromatic rings. The summed E-state index contributed by atoms with van der Waals surface area (Å²) < 4.78 is 53.5. The number of carbonyl (C=O) groups is 1. The van der Waals surface area contributed by atoms with Gasteiger partial charge >= 0.3 is 11.9 Å². The standard InChI is InChI=1S/C32H29F3N6O3S2/c1-4-23(42)41-16(2)10-39(11-17(41)3)29-19-8-21(32(33,34)35)25(18-6-5-7-22-24(18)20(9-36)28(37)46-22)27-26(19)40(30(43)38-29)12-31(15-45-27)13-44-14-31/h4-8,16-17H,1,10-15,37H2,2-3H3/t16-,17+. The van der Waals surface area contributed by atoms with Crippen molar-refractivity contribution in [2.75, 3.05) is 42.7 Å². The average Bonchev–Trinajstić information content (AvgIpc) is 3.19. The zero-order chi connectivity index (χ0) is 32.7. The topological polar surface area (TPSA) is 117 Å². The van der Waals surface area contributed by atoms with Crippen LogP contribution in [0.25, 0.3) is 32.1 Å². The van der Waals surface area contributed by atoms with Gasteiger partial charge in [-0.25, -0.2) is 4.79 Å². The van der Waals surface area contributed by atoms with Crippen LogP contribution in [0, 0.1) is 16.7 Å². The molecule has 46 heavy (non-hydrogen) atoms. The third-order valence-electron chi connectivity index (χ3n) is 9.11. The number of thiophene rings is 1. The number of rotatable bonds is 3. The number of carbonyl (C=O) groups excluding carboxylic acids is 1. The van der Waals surface area contributed by atoms with Crippen LogP contribution in [0.5, 0.6) is 0 Å². The van der Waals surface area contributed by atoms with E-state index in [1.807, 2.05) is 13.8 Å². The summed E-state index contributed by atoms with van der Waals surface area (Å²) in [5, 5.41) is 10.8. The number of nitrogens with two attached hydrogens (primary N) is 1. The van der Waals surface area contributed by atoms with Gasteiger partial charge in [-0.1, -0.05) is 18.7 Å². The van der Waals surface area contributed by atoms with Gasteiger partial charge in [0.05, 0.1) is 29.9 Å². The third kappa shape index (κ3) is 4.58. The van der Waals surface area contributed by atoms with Crippen LogP contribution in [-0.4, -0.2) is 64.5 Å². The predicted molar refractivity (Wildman–Crippen MR) is 173 cm³/mol. The Hall–Kier alpha value is -4.06. The highest BCUT2D eigenvalue weighted by Gasteiger charge is 2.45. The number of anilines is 2. The Kier molecular flexibility index (Phi) is 7.15. The van der Waals surface area contributed by atoms with Gasteiger partial charge in [0.25, 0.3) is 0 Å². The minimum absolute atomic E-state index is 0.0874. The molecule has 3 aliphatic heterocycles. The summed E-state index contributed by atoms with van der Waals surface area (Å²) in [6, 6.07) is 7.53. The third-order valence-corrected chi connectivity index (χ3v) is 11.5. The van der Waals surface area contributed by atoms with Crippen LogP contribution in [-0.2, 0) is 22.3 Å². The number of nitrogens with zero attached hydrogens (tertiary/aromatic N) is 5. The molecule has 2 aromatic carbocycles. The summed E-state index contributed by atoms with van der Waals surface area (Å²) in [5.74, 6) is 0.335. The van der Waals surface area contributed by atoms with Crippen LogP contribution in [0.2, 0.25) is 0 Å². The van der Waals surface area contributed by atoms with E-state index >= 15 is 13.2 Å². The van der Waals surface area contributed by atoms with Crippen LogP contribution < -0.4 is 16.3 Å². The van der Waals surface area contributed by atoms with Gasteiger partial charge in [-0.2, -0.15) is 23.4 Å². The van der Waals surface area contributed by atoms with Gasteiger partial charge < -0.3 is 20.3 Å². The molecule has 1 spiro atoms. The lowest BCUT2D eigenvalue weighted by molar-refractivity contribution is -0.137. The molecule has 0 unspecified atom stereocenters. The van der Waals surface area contributed by atoms with Crippen molar-refractivity contribution in [2.45, 2.75) is 43.5 Å². The van der Waals surface area contributed by atoms with Gasteiger partial charge in [-0.05, 0) is 37.6 Å². The number of halogens is 3. The van der Waals surface area contributed by atoms with Crippen molar-refractivity contribution in [3.63, 3.8) is 0 Å². The molecule has 0 radical (unpaired) electrons. The lowest BCUT2D eigenvalue weighted by atomic mass is 9.88. The molecule has 2 aromatic heterocycles. The van der Waals surface area contributed by atoms with Crippen molar-refractivity contribution in [1.29, 1.82) is 5.26 Å². The molecule has 2 fully saturated rings. The maximum Gasteiger partial charge on any atom is 0.417 e. The number of thioether (sulfide) groups is 1. The fourth-order valence-electron chi connectivity index (χ4n) is 7.11. The number of hydrogen-bond donors (Lipinski definition) is 1. The minimum Gasteiger partial charge on any atom is -0.389 e. The van der Waals surface area contributed by atoms with E-state index in [2.05, 4.69) is 17.6 Å². The molecule has 238 valence electrons. The van der Waals surface area contributed by atoms with Gasteiger partial charge in [0.2, 0.25) is 5.91 Å². The molecule has 0 saturated carbocycles. The second-order valence-corrected chi connectivity index (χ2v) is 14.4. The van der Waals surface area contributed by atoms with Gasteiger partial charge in [-0.3, -0.25) is 9.36 Å². The highest BCUT2D eigenvalue weighted by Crippen LogP contribution is 2.53. The Bertz CT molecular complexity index is 2050. The Morgan fingerprint density at radius 2 is 1.98 bits per heavy atom. The maximum atomic E-state index is 15.3. The van der Waals surface area contributed by atoms with E-state index in [0.717, 1.165) is 17.4 Å². The molecule has 0 bridgehead atoms. The Morgan fingerprint density at radius 1 is 1.26 bits per heavy atom. The summed E-state index contributed by atoms with van der Waals surface area (Å²) >= 11 is 2.43. The van der Waals surface area contributed by atoms with Gasteiger partial charge in [0.1, 0.15) is 16.9 Å². The number of hydrogen-bond acceptors (Lipinski definition) is 9. The fraction of sp³-hybridized carbons (Fsp3) is 0.375. The van der Waals surface area contributed by atoms with Gasteiger partial charge in [-0.15, -0.1) is 23.1 Å². The fourth-order valence-corrected chi connectivity index (χ4v) is 9.48. The smallest absolute Gasteiger partial charge is 0.389 e. The normalized spacial score (nSPS) is 20.9. The van der Waals surface area contributed by atoms with E-state index < -0.39 is 22.8 Å². The largest absolute Gasteiger partial charge is 0.417 e. The SMILES string of the molecule is C=CC(=O)N1[C@H](C)CN(c2nc(=O)n3c4c(c(-c5cccc6sc(N)c(C#N)c56)c(C(F)(F)F)cc24)SCC2(COC2)C3)C[C@@H]1C. The zero-order valence-corrected chi connectivity index (χ0v) is 26.6. The first-order valence-corrected chi connectivity index (χ1v) is 16.5. The van der Waals surface area contributed by atoms with Crippen LogP contribution in [0.1, 0.15) is 25.0 Å². The molecule has 14 heteroatoms. The summed E-state index contributed by atoms with van der Waals surface area (Å²) in [6.45, 7) is 8.80. The molecular formula is C32H29F3N6O3S2. The molecule has 2 N–H and O–H groups in total. The van der Waals surface area contributed by atoms with E-state index in [0.29, 0.717) is 39.5 Å². The number of aromatic nitrogens is 2. The number of benzene rings is 2. The van der Waals surface area contributed by atoms with Crippen molar-refractivity contribution in [3.05, 3.63) is 58.5 Å². The Balaban J connectivity index is 1.56. The lowest BCUT2D eigenvalue weighted by Crippen LogP contribution is -2.58. The van der Waals surface area contributed by atoms with E-state index in [9.17, 15) is 14.9 Å². The highest BCUT2D eigenvalue weighted by atomic mass is 32.2. The van der Waals surface area contributed by atoms with Crippen molar-refractivity contribution >= 4 is 60.8 Å². The number of fused-ring (bicyclic) bond motifs is 1. The van der Waals surface area contributed by atoms with E-state index in [4.69, 9.17) is 10.5 Å². The van der Waals surface area contributed by atoms with E-state index in [-0.39, 0.29) is 70.5 Å². The van der Waals surface area contributed by atoms with Crippen molar-refractivity contribution in [2.24, 2.45) is 5.41 Å². The van der Waals surface area contributed by atoms with Crippen molar-refractivity contribution in [3.8, 4) is 17.2 Å². The molecule has 5 heterocycles. The van der Waals surface area contributed by atoms with Crippen LogP contribution in [0.4, 0.5) is 24.0 Å². The first kappa shape index (κ1) is 30.6. The average molecular weight is 667 g/mol. The number of piperazine rings is 1. The molecular weight excluding hydrogens is 638 g/mol. The molecule has 1 amide bonds. The lowest BCUT2D eigenvalue weighted by Gasteiger charge is -2.44. The summed E-state index contributed by atoms with van der Waals surface area (Å²) in [5.41, 5.74) is 4.90. The van der Waals surface area contributed by atoms with Crippen LogP contribution >= 0.6 is 23.1 Å². The van der Waals surface area contributed by atoms with Gasteiger partial charge in [0.15, 0.2) is 0 Å². The van der Waals surface area contributed by atoms with Crippen LogP contribution in [0.3, 0.4) is 0 Å². The van der Waals surface area contributed by atoms with Crippen molar-refractivity contribution in [1.82, 2.24) is 14.5 Å². The van der Waals surface area contributed by atoms with Crippen molar-refractivity contribution < 1.29 is 22.7 Å². The monoisotopic (exact) mass is 666 g/mol. The molecule has 2 atom stereocenters. The van der Waals surface area contributed by atoms with Gasteiger partial charge in [0, 0.05) is 68.8 Å². The first-order valence-electron chi connectivity index (χ1n) is 14.7. The molecule has 3 aliphatic rings. The number of nitriles is 1. The summed E-state index contributed by atoms with van der Waals surface area (Å²) in [4.78, 5) is 34.8. The number of ether oxygens (including phenoxy) is 1. The molecule has 0 aliphatic carbocycles. The second kappa shape index (κ2) is 10.8. The Morgan fingerprint density at radius 3 is 2.59 bits per heavy atom. The summed E-state index contributed by atoms with van der Waals surface area (Å²) in [7, 11) is 0. The number of nitrogen functional groups attached to an aromatic ring is 1. The second-order valence-electron chi connectivity index (χ2n) is 12.3. The van der Waals surface area contributed by atoms with E-state index in [1.54, 1.807) is 28.0 Å². The molecule has 9 nitrogen and oxygen atoms in total. The highest BCUT2D eigenvalue weighted by molar-refractivity contribution is 7.99. The molecule has 7 rings (SSSR count). The summed E-state index contributed by atoms with van der Waals surface area (Å²) in [6.07, 6.45) is -3.55. The number of amides is 1. The van der Waals surface area contributed by atoms with Crippen LogP contribution in [0.15, 0.2) is 46.6 Å². The maximum absolute atomic E-state index is 15.3. The number of alkyl halides is 3. The predicted octanol–water partition coefficient (Wildman–Crippen LogP) is 5.48.